The number of ketones is 1. The van der Waals surface area contributed by atoms with Gasteiger partial charge in [0.15, 0.2) is 5.78 Å². The molecule has 0 saturated heterocycles. The van der Waals surface area contributed by atoms with E-state index in [1.807, 2.05) is 30.3 Å². The van der Waals surface area contributed by atoms with E-state index in [1.165, 1.54) is 24.3 Å². The summed E-state index contributed by atoms with van der Waals surface area (Å²) in [7, 11) is -4.18. The molecule has 0 aliphatic rings. The zero-order chi connectivity index (χ0) is 33.8. The fourth-order valence-corrected chi connectivity index (χ4v) is 5.74. The van der Waals surface area contributed by atoms with Crippen molar-refractivity contribution in [3.63, 3.8) is 0 Å². The Morgan fingerprint density at radius 1 is 0.936 bits per heavy atom. The van der Waals surface area contributed by atoms with Crippen molar-refractivity contribution in [2.75, 3.05) is 11.1 Å². The standard InChI is InChI=1S/C34H27ClF3NO7S/c35-28-19-25(32-20-24-4-1-2-6-31(24)45-32)13-16-29(28)39-33(41)27(22-11-14-26(15-12-22)46-34(36,37)38)18-21-7-9-23(10-8-21)30(40)5-3-17-47(42,43)44/h1-2,4,6-16,19-20,27H,3,5,17-18H2,(H,39,41)(H,42,43,44). The topological polar surface area (TPSA) is 123 Å². The first-order chi connectivity index (χ1) is 22.2. The van der Waals surface area contributed by atoms with Crippen LogP contribution in [-0.2, 0) is 21.3 Å². The molecule has 0 aliphatic heterocycles. The molecule has 5 rings (SSSR count). The monoisotopic (exact) mass is 685 g/mol. The molecule has 244 valence electrons. The van der Waals surface area contributed by atoms with Gasteiger partial charge in [0.05, 0.1) is 22.4 Å². The molecule has 0 aliphatic carbocycles. The molecule has 1 unspecified atom stereocenters. The second-order valence-corrected chi connectivity index (χ2v) is 12.7. The molecule has 0 radical (unpaired) electrons. The maximum atomic E-state index is 13.7. The Morgan fingerprint density at radius 2 is 1.64 bits per heavy atom. The number of hydrogen-bond donors (Lipinski definition) is 2. The molecule has 1 amide bonds. The first kappa shape index (κ1) is 33.7. The fraction of sp³-hybridized carbons (Fsp3) is 0.176. The molecule has 8 nitrogen and oxygen atoms in total. The second kappa shape index (κ2) is 14.0. The Bertz CT molecular complexity index is 1980. The summed E-state index contributed by atoms with van der Waals surface area (Å²) < 4.78 is 78.8. The number of ether oxygens (including phenoxy) is 1. The van der Waals surface area contributed by atoms with Crippen LogP contribution < -0.4 is 10.1 Å². The van der Waals surface area contributed by atoms with E-state index in [2.05, 4.69) is 10.1 Å². The molecule has 47 heavy (non-hydrogen) atoms. The quantitative estimate of drug-likeness (QED) is 0.0998. The summed E-state index contributed by atoms with van der Waals surface area (Å²) in [5.41, 5.74) is 3.06. The predicted octanol–water partition coefficient (Wildman–Crippen LogP) is 8.47. The fourth-order valence-electron chi connectivity index (χ4n) is 5.00. The van der Waals surface area contributed by atoms with Crippen LogP contribution in [0.1, 0.15) is 40.2 Å². The van der Waals surface area contributed by atoms with E-state index in [0.717, 1.165) is 17.5 Å². The van der Waals surface area contributed by atoms with Crippen LogP contribution in [0, 0.1) is 0 Å². The lowest BCUT2D eigenvalue weighted by atomic mass is 9.90. The number of halogens is 4. The van der Waals surface area contributed by atoms with Gasteiger partial charge in [-0.15, -0.1) is 13.2 Å². The number of nitrogens with one attached hydrogen (secondary N) is 1. The van der Waals surface area contributed by atoms with Crippen molar-refractivity contribution in [2.24, 2.45) is 0 Å². The van der Waals surface area contributed by atoms with Gasteiger partial charge in [0, 0.05) is 22.9 Å². The lowest BCUT2D eigenvalue weighted by molar-refractivity contribution is -0.274. The van der Waals surface area contributed by atoms with Crippen molar-refractivity contribution < 1.29 is 44.9 Å². The van der Waals surface area contributed by atoms with Gasteiger partial charge in [-0.1, -0.05) is 66.2 Å². The van der Waals surface area contributed by atoms with Crippen LogP contribution in [0.4, 0.5) is 18.9 Å². The highest BCUT2D eigenvalue weighted by atomic mass is 35.5. The molecule has 2 N–H and O–H groups in total. The summed E-state index contributed by atoms with van der Waals surface area (Å²) in [5.74, 6) is -2.09. The van der Waals surface area contributed by atoms with E-state index in [0.29, 0.717) is 39.3 Å². The van der Waals surface area contributed by atoms with Crippen LogP contribution in [0.3, 0.4) is 0 Å². The molecule has 0 fully saturated rings. The van der Waals surface area contributed by atoms with Gasteiger partial charge in [-0.2, -0.15) is 8.42 Å². The summed E-state index contributed by atoms with van der Waals surface area (Å²) in [6, 6.07) is 25.7. The minimum absolute atomic E-state index is 0.0441. The van der Waals surface area contributed by atoms with Gasteiger partial charge in [0.2, 0.25) is 5.91 Å². The molecule has 4 aromatic carbocycles. The molecular formula is C34H27ClF3NO7S. The first-order valence-electron chi connectivity index (χ1n) is 14.3. The average Bonchev–Trinajstić information content (AvgIpc) is 3.45. The van der Waals surface area contributed by atoms with Crippen molar-refractivity contribution in [1.29, 1.82) is 0 Å². The lowest BCUT2D eigenvalue weighted by Gasteiger charge is -2.19. The van der Waals surface area contributed by atoms with Gasteiger partial charge < -0.3 is 14.5 Å². The van der Waals surface area contributed by atoms with E-state index >= 15 is 0 Å². The molecule has 1 heterocycles. The van der Waals surface area contributed by atoms with Crippen LogP contribution in [0.15, 0.2) is 101 Å². The molecule has 0 saturated carbocycles. The number of fused-ring (bicyclic) bond motifs is 1. The van der Waals surface area contributed by atoms with E-state index in [1.54, 1.807) is 30.3 Å². The summed E-state index contributed by atoms with van der Waals surface area (Å²) in [6.07, 6.45) is -4.91. The molecule has 1 aromatic heterocycles. The number of carbonyl (C=O) groups is 2. The molecule has 5 aromatic rings. The lowest BCUT2D eigenvalue weighted by Crippen LogP contribution is -2.23. The number of furan rings is 1. The number of alkyl halides is 3. The highest BCUT2D eigenvalue weighted by Gasteiger charge is 2.31. The third kappa shape index (κ3) is 9.22. The summed E-state index contributed by atoms with van der Waals surface area (Å²) >= 11 is 6.56. The Hall–Kier alpha value is -4.65. The molecule has 0 spiro atoms. The van der Waals surface area contributed by atoms with Crippen molar-refractivity contribution in [3.8, 4) is 17.1 Å². The normalized spacial score (nSPS) is 12.5. The predicted molar refractivity (Wildman–Crippen MR) is 171 cm³/mol. The van der Waals surface area contributed by atoms with E-state index < -0.39 is 39.8 Å². The SMILES string of the molecule is O=C(CCCS(=O)(=O)O)c1ccc(CC(C(=O)Nc2ccc(-c3cc4ccccc4o3)cc2Cl)c2ccc(OC(F)(F)F)cc2)cc1. The minimum Gasteiger partial charge on any atom is -0.456 e. The van der Waals surface area contributed by atoms with Crippen molar-refractivity contribution >= 4 is 50.1 Å². The van der Waals surface area contributed by atoms with Crippen molar-refractivity contribution in [1.82, 2.24) is 0 Å². The average molecular weight is 686 g/mol. The van der Waals surface area contributed by atoms with Gasteiger partial charge in [0.25, 0.3) is 10.1 Å². The van der Waals surface area contributed by atoms with Crippen molar-refractivity contribution in [2.45, 2.75) is 31.5 Å². The maximum Gasteiger partial charge on any atom is 0.573 e. The largest absolute Gasteiger partial charge is 0.573 e. The number of para-hydroxylation sites is 1. The molecular weight excluding hydrogens is 659 g/mol. The number of rotatable bonds is 12. The zero-order valence-corrected chi connectivity index (χ0v) is 26.0. The third-order valence-electron chi connectivity index (χ3n) is 7.29. The zero-order valence-electron chi connectivity index (χ0n) is 24.5. The minimum atomic E-state index is -4.88. The maximum absolute atomic E-state index is 13.7. The molecule has 0 bridgehead atoms. The number of benzene rings is 4. The number of Topliss-reactive ketones (excluding diaryl/α,β-unsaturated/α-hetero) is 1. The summed E-state index contributed by atoms with van der Waals surface area (Å²) in [4.78, 5) is 26.2. The smallest absolute Gasteiger partial charge is 0.456 e. The summed E-state index contributed by atoms with van der Waals surface area (Å²) in [6.45, 7) is 0. The van der Waals surface area contributed by atoms with E-state index in [4.69, 9.17) is 20.6 Å². The Labute approximate surface area is 272 Å². The van der Waals surface area contributed by atoms with Crippen LogP contribution in [-0.4, -0.2) is 36.8 Å². The highest BCUT2D eigenvalue weighted by molar-refractivity contribution is 7.85. The molecule has 13 heteroatoms. The van der Waals surface area contributed by atoms with Crippen LogP contribution in [0.2, 0.25) is 5.02 Å². The Morgan fingerprint density at radius 3 is 2.28 bits per heavy atom. The van der Waals surface area contributed by atoms with Crippen LogP contribution in [0.25, 0.3) is 22.3 Å². The van der Waals surface area contributed by atoms with E-state index in [9.17, 15) is 31.2 Å². The van der Waals surface area contributed by atoms with Gasteiger partial charge >= 0.3 is 6.36 Å². The van der Waals surface area contributed by atoms with Gasteiger partial charge in [0.1, 0.15) is 17.1 Å². The third-order valence-corrected chi connectivity index (χ3v) is 8.41. The Balaban J connectivity index is 1.35. The second-order valence-electron chi connectivity index (χ2n) is 10.7. The van der Waals surface area contributed by atoms with Crippen LogP contribution >= 0.6 is 11.6 Å². The van der Waals surface area contributed by atoms with Gasteiger partial charge in [-0.3, -0.25) is 14.1 Å². The van der Waals surface area contributed by atoms with Gasteiger partial charge in [-0.05, 0) is 66.4 Å². The number of hydrogen-bond acceptors (Lipinski definition) is 6. The Kier molecular flexibility index (Phi) is 10.0. The van der Waals surface area contributed by atoms with Crippen LogP contribution in [0.5, 0.6) is 5.75 Å². The van der Waals surface area contributed by atoms with E-state index in [-0.39, 0.29) is 30.1 Å². The highest BCUT2D eigenvalue weighted by Crippen LogP contribution is 2.34. The summed E-state index contributed by atoms with van der Waals surface area (Å²) in [5, 5.41) is 3.97. The van der Waals surface area contributed by atoms with Gasteiger partial charge in [-0.25, -0.2) is 0 Å². The van der Waals surface area contributed by atoms with Crippen molar-refractivity contribution in [3.05, 3.63) is 119 Å². The first-order valence-corrected chi connectivity index (χ1v) is 16.3. The number of amides is 1. The molecule has 1 atom stereocenters. The number of carbonyl (C=O) groups excluding carboxylic acids is 2. The number of anilines is 1.